The van der Waals surface area contributed by atoms with Crippen LogP contribution in [0.2, 0.25) is 5.02 Å². The van der Waals surface area contributed by atoms with Crippen molar-refractivity contribution in [3.63, 3.8) is 0 Å². The number of carbonyl (C=O) groups excluding carboxylic acids is 1. The molecule has 3 aromatic rings. The van der Waals surface area contributed by atoms with Crippen molar-refractivity contribution in [2.75, 3.05) is 37.7 Å². The second-order valence-electron chi connectivity index (χ2n) is 7.69. The second kappa shape index (κ2) is 9.35. The van der Waals surface area contributed by atoms with Crippen LogP contribution < -0.4 is 9.64 Å². The summed E-state index contributed by atoms with van der Waals surface area (Å²) in [5, 5.41) is 9.42. The molecule has 0 unspecified atom stereocenters. The number of amides is 1. The molecule has 1 aliphatic heterocycles. The van der Waals surface area contributed by atoms with Gasteiger partial charge in [-0.15, -0.1) is 10.2 Å². The number of aryl methyl sites for hydroxylation is 2. The van der Waals surface area contributed by atoms with Crippen molar-refractivity contribution in [3.8, 4) is 17.0 Å². The van der Waals surface area contributed by atoms with Crippen LogP contribution in [0, 0.1) is 13.8 Å². The zero-order valence-electron chi connectivity index (χ0n) is 17.7. The fourth-order valence-corrected chi connectivity index (χ4v) is 3.71. The standard InChI is InChI=1S/C24H25ClN4O2/c1-17-6-7-19(14-18(17)2)22-8-9-23(27-26-22)28-10-12-29(13-11-28)24(30)16-31-21-5-3-4-20(25)15-21/h3-9,14-15H,10-13,16H2,1-2H3. The van der Waals surface area contributed by atoms with Crippen molar-refractivity contribution in [2.24, 2.45) is 0 Å². The topological polar surface area (TPSA) is 58.6 Å². The molecule has 7 heteroatoms. The Bertz CT molecular complexity index is 1060. The van der Waals surface area contributed by atoms with Crippen LogP contribution in [-0.4, -0.2) is 53.8 Å². The van der Waals surface area contributed by atoms with E-state index in [1.165, 1.54) is 11.1 Å². The summed E-state index contributed by atoms with van der Waals surface area (Å²) in [4.78, 5) is 16.4. The van der Waals surface area contributed by atoms with Gasteiger partial charge in [0.15, 0.2) is 12.4 Å². The van der Waals surface area contributed by atoms with Crippen molar-refractivity contribution in [3.05, 3.63) is 70.7 Å². The maximum Gasteiger partial charge on any atom is 0.260 e. The van der Waals surface area contributed by atoms with Crippen LogP contribution in [0.1, 0.15) is 11.1 Å². The van der Waals surface area contributed by atoms with Gasteiger partial charge in [-0.1, -0.05) is 29.8 Å². The van der Waals surface area contributed by atoms with Crippen LogP contribution >= 0.6 is 11.6 Å². The molecule has 2 heterocycles. The van der Waals surface area contributed by atoms with E-state index in [-0.39, 0.29) is 12.5 Å². The van der Waals surface area contributed by atoms with E-state index in [1.807, 2.05) is 17.0 Å². The first-order chi connectivity index (χ1) is 15.0. The number of piperazine rings is 1. The minimum atomic E-state index is -0.0317. The van der Waals surface area contributed by atoms with E-state index < -0.39 is 0 Å². The molecule has 0 bridgehead atoms. The average Bonchev–Trinajstić information content (AvgIpc) is 2.80. The third-order valence-electron chi connectivity index (χ3n) is 5.57. The van der Waals surface area contributed by atoms with Crippen LogP contribution in [0.4, 0.5) is 5.82 Å². The van der Waals surface area contributed by atoms with Crippen LogP contribution in [0.25, 0.3) is 11.3 Å². The van der Waals surface area contributed by atoms with E-state index in [0.29, 0.717) is 37.0 Å². The van der Waals surface area contributed by atoms with Gasteiger partial charge in [0.1, 0.15) is 5.75 Å². The second-order valence-corrected chi connectivity index (χ2v) is 8.13. The molecule has 4 rings (SSSR count). The maximum absolute atomic E-state index is 12.5. The van der Waals surface area contributed by atoms with Crippen molar-refractivity contribution < 1.29 is 9.53 Å². The first kappa shape index (κ1) is 21.1. The molecule has 0 aliphatic carbocycles. The minimum Gasteiger partial charge on any atom is -0.484 e. The highest BCUT2D eigenvalue weighted by molar-refractivity contribution is 6.30. The lowest BCUT2D eigenvalue weighted by molar-refractivity contribution is -0.133. The highest BCUT2D eigenvalue weighted by Crippen LogP contribution is 2.22. The number of rotatable bonds is 5. The molecular formula is C24H25ClN4O2. The Kier molecular flexibility index (Phi) is 6.37. The van der Waals surface area contributed by atoms with Gasteiger partial charge in [-0.05, 0) is 61.4 Å². The lowest BCUT2D eigenvalue weighted by Crippen LogP contribution is -2.50. The number of carbonyl (C=O) groups is 1. The summed E-state index contributed by atoms with van der Waals surface area (Å²) in [5.41, 5.74) is 4.43. The summed E-state index contributed by atoms with van der Waals surface area (Å²) in [7, 11) is 0. The SMILES string of the molecule is Cc1ccc(-c2ccc(N3CCN(C(=O)COc4cccc(Cl)c4)CC3)nn2)cc1C. The number of hydrogen-bond acceptors (Lipinski definition) is 5. The van der Waals surface area contributed by atoms with Gasteiger partial charge in [0.25, 0.3) is 5.91 Å². The molecule has 1 amide bonds. The summed E-state index contributed by atoms with van der Waals surface area (Å²) in [5.74, 6) is 1.39. The molecule has 0 radical (unpaired) electrons. The van der Waals surface area contributed by atoms with Gasteiger partial charge in [-0.2, -0.15) is 0 Å². The zero-order chi connectivity index (χ0) is 21.8. The maximum atomic E-state index is 12.5. The molecule has 0 spiro atoms. The molecule has 1 aliphatic rings. The third-order valence-corrected chi connectivity index (χ3v) is 5.80. The Morgan fingerprint density at radius 3 is 2.45 bits per heavy atom. The van der Waals surface area contributed by atoms with Crippen molar-refractivity contribution in [1.29, 1.82) is 0 Å². The van der Waals surface area contributed by atoms with Crippen LogP contribution in [0.15, 0.2) is 54.6 Å². The third kappa shape index (κ3) is 5.14. The molecule has 2 aromatic carbocycles. The highest BCUT2D eigenvalue weighted by Gasteiger charge is 2.22. The molecule has 31 heavy (non-hydrogen) atoms. The van der Waals surface area contributed by atoms with Gasteiger partial charge in [-0.25, -0.2) is 0 Å². The summed E-state index contributed by atoms with van der Waals surface area (Å²) in [6.45, 7) is 6.87. The van der Waals surface area contributed by atoms with Gasteiger partial charge in [0, 0.05) is 36.8 Å². The van der Waals surface area contributed by atoms with E-state index in [4.69, 9.17) is 16.3 Å². The molecule has 0 atom stereocenters. The molecule has 160 valence electrons. The largest absolute Gasteiger partial charge is 0.484 e. The number of anilines is 1. The van der Waals surface area contributed by atoms with E-state index in [1.54, 1.807) is 24.3 Å². The van der Waals surface area contributed by atoms with Gasteiger partial charge >= 0.3 is 0 Å². The van der Waals surface area contributed by atoms with Crippen molar-refractivity contribution in [1.82, 2.24) is 15.1 Å². The summed E-state index contributed by atoms with van der Waals surface area (Å²) in [6.07, 6.45) is 0. The zero-order valence-corrected chi connectivity index (χ0v) is 18.5. The van der Waals surface area contributed by atoms with Crippen LogP contribution in [-0.2, 0) is 4.79 Å². The smallest absolute Gasteiger partial charge is 0.260 e. The monoisotopic (exact) mass is 436 g/mol. The van der Waals surface area contributed by atoms with Crippen LogP contribution in [0.3, 0.4) is 0 Å². The van der Waals surface area contributed by atoms with Gasteiger partial charge in [0.05, 0.1) is 5.69 Å². The first-order valence-electron chi connectivity index (χ1n) is 10.3. The number of aromatic nitrogens is 2. The molecule has 1 aromatic heterocycles. The lowest BCUT2D eigenvalue weighted by Gasteiger charge is -2.35. The van der Waals surface area contributed by atoms with E-state index in [0.717, 1.165) is 17.1 Å². The number of nitrogens with zero attached hydrogens (tertiary/aromatic N) is 4. The van der Waals surface area contributed by atoms with Crippen molar-refractivity contribution >= 4 is 23.3 Å². The fourth-order valence-electron chi connectivity index (χ4n) is 3.53. The Morgan fingerprint density at radius 1 is 0.968 bits per heavy atom. The van der Waals surface area contributed by atoms with Crippen LogP contribution in [0.5, 0.6) is 5.75 Å². The van der Waals surface area contributed by atoms with Gasteiger partial charge in [-0.3, -0.25) is 4.79 Å². The van der Waals surface area contributed by atoms with E-state index in [2.05, 4.69) is 47.1 Å². The summed E-state index contributed by atoms with van der Waals surface area (Å²) >= 11 is 5.95. The Morgan fingerprint density at radius 2 is 1.77 bits per heavy atom. The van der Waals surface area contributed by atoms with Gasteiger partial charge < -0.3 is 14.5 Å². The number of ether oxygens (including phenoxy) is 1. The lowest BCUT2D eigenvalue weighted by atomic mass is 10.0. The molecular weight excluding hydrogens is 412 g/mol. The Hall–Kier alpha value is -3.12. The molecule has 1 saturated heterocycles. The molecule has 6 nitrogen and oxygen atoms in total. The molecule has 0 saturated carbocycles. The first-order valence-corrected chi connectivity index (χ1v) is 10.7. The predicted octanol–water partition coefficient (Wildman–Crippen LogP) is 4.14. The van der Waals surface area contributed by atoms with E-state index >= 15 is 0 Å². The van der Waals surface area contributed by atoms with E-state index in [9.17, 15) is 4.79 Å². The number of hydrogen-bond donors (Lipinski definition) is 0. The fraction of sp³-hybridized carbons (Fsp3) is 0.292. The highest BCUT2D eigenvalue weighted by atomic mass is 35.5. The Labute approximate surface area is 187 Å². The van der Waals surface area contributed by atoms with Crippen molar-refractivity contribution in [2.45, 2.75) is 13.8 Å². The number of benzene rings is 2. The quantitative estimate of drug-likeness (QED) is 0.601. The van der Waals surface area contributed by atoms with Gasteiger partial charge in [0.2, 0.25) is 0 Å². The Balaban J connectivity index is 1.31. The predicted molar refractivity (Wildman–Crippen MR) is 123 cm³/mol. The molecule has 1 fully saturated rings. The summed E-state index contributed by atoms with van der Waals surface area (Å²) in [6, 6.07) is 17.4. The number of halogens is 1. The minimum absolute atomic E-state index is 0.00477. The normalized spacial score (nSPS) is 13.9. The summed E-state index contributed by atoms with van der Waals surface area (Å²) < 4.78 is 5.57. The molecule has 0 N–H and O–H groups in total. The average molecular weight is 437 g/mol.